The molecule has 0 amide bonds. The van der Waals surface area contributed by atoms with Crippen LogP contribution in [0.5, 0.6) is 0 Å². The van der Waals surface area contributed by atoms with Crippen molar-refractivity contribution in [3.05, 3.63) is 59.4 Å². The molecule has 0 radical (unpaired) electrons. The van der Waals surface area contributed by atoms with Gasteiger partial charge in [0, 0.05) is 18.7 Å². The number of carboxylic acids is 1. The highest BCUT2D eigenvalue weighted by molar-refractivity contribution is 5.93. The summed E-state index contributed by atoms with van der Waals surface area (Å²) in [6, 6.07) is 9.98. The number of carboxylic acid groups (broad SMARTS) is 1. The second-order valence-corrected chi connectivity index (χ2v) is 5.04. The largest absolute Gasteiger partial charge is 0.478 e. The predicted molar refractivity (Wildman–Crippen MR) is 77.2 cm³/mol. The second kappa shape index (κ2) is 5.33. The van der Waals surface area contributed by atoms with Crippen LogP contribution in [-0.4, -0.2) is 22.6 Å². The van der Waals surface area contributed by atoms with Gasteiger partial charge in [0.1, 0.15) is 0 Å². The molecule has 0 spiro atoms. The second-order valence-electron chi connectivity index (χ2n) is 5.04. The third-order valence-electron chi connectivity index (χ3n) is 3.85. The molecule has 0 fully saturated rings. The van der Waals surface area contributed by atoms with Gasteiger partial charge in [0.25, 0.3) is 0 Å². The number of carbonyl (C=O) groups is 1. The van der Waals surface area contributed by atoms with Crippen LogP contribution < -0.4 is 5.32 Å². The fourth-order valence-electron chi connectivity index (χ4n) is 2.81. The summed E-state index contributed by atoms with van der Waals surface area (Å²) in [6.45, 7) is 0.739. The van der Waals surface area contributed by atoms with Crippen molar-refractivity contribution < 1.29 is 9.90 Å². The Labute approximate surface area is 117 Å². The van der Waals surface area contributed by atoms with Crippen LogP contribution in [0, 0.1) is 0 Å². The highest BCUT2D eigenvalue weighted by atomic mass is 16.4. The van der Waals surface area contributed by atoms with E-state index < -0.39 is 5.97 Å². The maximum Gasteiger partial charge on any atom is 0.337 e. The van der Waals surface area contributed by atoms with Gasteiger partial charge in [-0.15, -0.1) is 0 Å². The molecule has 4 nitrogen and oxygen atoms in total. The van der Waals surface area contributed by atoms with Crippen LogP contribution in [0.4, 0.5) is 5.69 Å². The zero-order valence-electron chi connectivity index (χ0n) is 11.0. The van der Waals surface area contributed by atoms with Gasteiger partial charge in [-0.1, -0.05) is 24.3 Å². The number of hydrogen-bond donors (Lipinski definition) is 2. The van der Waals surface area contributed by atoms with E-state index in [0.717, 1.165) is 19.4 Å². The zero-order chi connectivity index (χ0) is 13.9. The summed E-state index contributed by atoms with van der Waals surface area (Å²) in [5.74, 6) is -0.491. The minimum absolute atomic E-state index is 0.270. The van der Waals surface area contributed by atoms with Gasteiger partial charge in [0.15, 0.2) is 0 Å². The quantitative estimate of drug-likeness (QED) is 0.895. The lowest BCUT2D eigenvalue weighted by atomic mass is 10.0. The molecule has 1 aromatic carbocycles. The number of aromatic carboxylic acids is 1. The van der Waals surface area contributed by atoms with Gasteiger partial charge in [-0.2, -0.15) is 0 Å². The van der Waals surface area contributed by atoms with Gasteiger partial charge in [-0.25, -0.2) is 4.79 Å². The summed E-state index contributed by atoms with van der Waals surface area (Å²) in [5, 5.41) is 12.4. The fraction of sp³-hybridized carbons (Fsp3) is 0.250. The molecule has 0 aliphatic heterocycles. The van der Waals surface area contributed by atoms with Gasteiger partial charge in [-0.3, -0.25) is 4.98 Å². The van der Waals surface area contributed by atoms with Crippen LogP contribution in [-0.2, 0) is 6.42 Å². The molecule has 2 N–H and O–H groups in total. The highest BCUT2D eigenvalue weighted by Crippen LogP contribution is 2.33. The maximum atomic E-state index is 11.1. The lowest BCUT2D eigenvalue weighted by molar-refractivity contribution is 0.0698. The van der Waals surface area contributed by atoms with Gasteiger partial charge in [0.05, 0.1) is 17.4 Å². The van der Waals surface area contributed by atoms with E-state index in [0.29, 0.717) is 11.6 Å². The molecule has 1 heterocycles. The Kier molecular flexibility index (Phi) is 3.37. The van der Waals surface area contributed by atoms with Crippen LogP contribution in [0.3, 0.4) is 0 Å². The van der Waals surface area contributed by atoms with Crippen molar-refractivity contribution in [2.45, 2.75) is 18.8 Å². The van der Waals surface area contributed by atoms with E-state index in [2.05, 4.69) is 34.6 Å². The lowest BCUT2D eigenvalue weighted by Gasteiger charge is -2.14. The molecule has 3 rings (SSSR count). The summed E-state index contributed by atoms with van der Waals surface area (Å²) in [6.07, 6.45) is 5.28. The number of pyridine rings is 1. The Morgan fingerprint density at radius 3 is 3.05 bits per heavy atom. The number of aromatic nitrogens is 1. The Balaban J connectivity index is 1.74. The first-order valence-corrected chi connectivity index (χ1v) is 6.74. The number of rotatable bonds is 4. The molecule has 1 aliphatic carbocycles. The molecule has 1 aromatic heterocycles. The van der Waals surface area contributed by atoms with Gasteiger partial charge in [-0.05, 0) is 30.0 Å². The molecule has 2 aromatic rings. The van der Waals surface area contributed by atoms with Crippen LogP contribution in [0.25, 0.3) is 0 Å². The molecule has 0 saturated carbocycles. The van der Waals surface area contributed by atoms with E-state index in [-0.39, 0.29) is 5.56 Å². The van der Waals surface area contributed by atoms with E-state index in [4.69, 9.17) is 5.11 Å². The molecule has 0 bridgehead atoms. The molecule has 20 heavy (non-hydrogen) atoms. The van der Waals surface area contributed by atoms with Crippen molar-refractivity contribution in [3.63, 3.8) is 0 Å². The van der Waals surface area contributed by atoms with Crippen molar-refractivity contribution in [1.29, 1.82) is 0 Å². The highest BCUT2D eigenvalue weighted by Gasteiger charge is 2.22. The minimum atomic E-state index is -0.929. The first-order chi connectivity index (χ1) is 9.75. The standard InChI is InChI=1S/C16H16N2O2/c19-16(20)14-7-8-17-10-15(14)18-9-12-6-5-11-3-1-2-4-13(11)12/h1-4,7-8,10,12,18H,5-6,9H2,(H,19,20). The topological polar surface area (TPSA) is 62.2 Å². The molecule has 1 unspecified atom stereocenters. The van der Waals surface area contributed by atoms with Crippen LogP contribution in [0.2, 0.25) is 0 Å². The zero-order valence-corrected chi connectivity index (χ0v) is 11.0. The maximum absolute atomic E-state index is 11.1. The molecular formula is C16H16N2O2. The minimum Gasteiger partial charge on any atom is -0.478 e. The number of hydrogen-bond acceptors (Lipinski definition) is 3. The number of nitrogens with zero attached hydrogens (tertiary/aromatic N) is 1. The molecule has 1 atom stereocenters. The Morgan fingerprint density at radius 2 is 2.20 bits per heavy atom. The van der Waals surface area contributed by atoms with Gasteiger partial charge in [0.2, 0.25) is 0 Å². The van der Waals surface area contributed by atoms with Crippen LogP contribution in [0.1, 0.15) is 33.8 Å². The first-order valence-electron chi connectivity index (χ1n) is 6.74. The fourth-order valence-corrected chi connectivity index (χ4v) is 2.81. The average molecular weight is 268 g/mol. The summed E-state index contributed by atoms with van der Waals surface area (Å²) in [5.41, 5.74) is 3.64. The van der Waals surface area contributed by atoms with E-state index in [1.54, 1.807) is 6.20 Å². The third kappa shape index (κ3) is 2.37. The molecule has 1 aliphatic rings. The third-order valence-corrected chi connectivity index (χ3v) is 3.85. The average Bonchev–Trinajstić information content (AvgIpc) is 2.88. The van der Waals surface area contributed by atoms with Crippen molar-refractivity contribution in [2.75, 3.05) is 11.9 Å². The smallest absolute Gasteiger partial charge is 0.337 e. The molecular weight excluding hydrogens is 252 g/mol. The Bertz CT molecular complexity index is 640. The molecule has 0 saturated heterocycles. The number of fused-ring (bicyclic) bond motifs is 1. The number of anilines is 1. The Hall–Kier alpha value is -2.36. The Morgan fingerprint density at radius 1 is 1.35 bits per heavy atom. The summed E-state index contributed by atoms with van der Waals surface area (Å²) in [7, 11) is 0. The van der Waals surface area contributed by atoms with Crippen LogP contribution >= 0.6 is 0 Å². The van der Waals surface area contributed by atoms with Crippen LogP contribution in [0.15, 0.2) is 42.7 Å². The van der Waals surface area contributed by atoms with Crippen molar-refractivity contribution in [3.8, 4) is 0 Å². The van der Waals surface area contributed by atoms with E-state index in [9.17, 15) is 4.79 Å². The van der Waals surface area contributed by atoms with E-state index in [1.807, 2.05) is 0 Å². The van der Waals surface area contributed by atoms with Crippen molar-refractivity contribution >= 4 is 11.7 Å². The lowest BCUT2D eigenvalue weighted by Crippen LogP contribution is -2.13. The SMILES string of the molecule is O=C(O)c1ccncc1NCC1CCc2ccccc21. The van der Waals surface area contributed by atoms with Gasteiger partial charge >= 0.3 is 5.97 Å². The molecule has 4 heteroatoms. The van der Waals surface area contributed by atoms with E-state index >= 15 is 0 Å². The molecule has 102 valence electrons. The van der Waals surface area contributed by atoms with E-state index in [1.165, 1.54) is 23.4 Å². The predicted octanol–water partition coefficient (Wildman–Crippen LogP) is 2.92. The number of nitrogens with one attached hydrogen (secondary N) is 1. The van der Waals surface area contributed by atoms with Crippen molar-refractivity contribution in [1.82, 2.24) is 4.98 Å². The van der Waals surface area contributed by atoms with Gasteiger partial charge < -0.3 is 10.4 Å². The normalized spacial score (nSPS) is 16.7. The summed E-state index contributed by atoms with van der Waals surface area (Å²) >= 11 is 0. The summed E-state index contributed by atoms with van der Waals surface area (Å²) < 4.78 is 0. The number of benzene rings is 1. The van der Waals surface area contributed by atoms with Crippen molar-refractivity contribution in [2.24, 2.45) is 0 Å². The number of aryl methyl sites for hydroxylation is 1. The monoisotopic (exact) mass is 268 g/mol. The first kappa shape index (κ1) is 12.7. The summed E-state index contributed by atoms with van der Waals surface area (Å²) in [4.78, 5) is 15.1.